The molecule has 0 saturated heterocycles. The number of nitrogens with one attached hydrogen (secondary N) is 2. The maximum atomic E-state index is 12.8. The van der Waals surface area contributed by atoms with Crippen molar-refractivity contribution in [1.82, 2.24) is 20.2 Å². The lowest BCUT2D eigenvalue weighted by molar-refractivity contribution is 0.601. The molecule has 3 aromatic heterocycles. The van der Waals surface area contributed by atoms with Gasteiger partial charge in [-0.1, -0.05) is 47.5 Å². The molecule has 0 bridgehead atoms. The first-order valence-corrected chi connectivity index (χ1v) is 13.3. The van der Waals surface area contributed by atoms with E-state index >= 15 is 0 Å². The highest BCUT2D eigenvalue weighted by molar-refractivity contribution is 7.92. The quantitative estimate of drug-likeness (QED) is 0.222. The van der Waals surface area contributed by atoms with Gasteiger partial charge in [0.05, 0.1) is 16.3 Å². The van der Waals surface area contributed by atoms with Crippen molar-refractivity contribution in [2.45, 2.75) is 4.90 Å². The summed E-state index contributed by atoms with van der Waals surface area (Å²) in [6, 6.07) is 16.3. The minimum atomic E-state index is -3.84. The van der Waals surface area contributed by atoms with E-state index in [1.165, 1.54) is 36.0 Å². The summed E-state index contributed by atoms with van der Waals surface area (Å²) in [4.78, 5) is 12.3. The van der Waals surface area contributed by atoms with E-state index < -0.39 is 10.0 Å². The number of sulfonamides is 1. The lowest BCUT2D eigenvalue weighted by atomic mass is 10.0. The first kappa shape index (κ1) is 24.0. The second-order valence-electron chi connectivity index (χ2n) is 7.41. The monoisotopic (exact) mass is 552 g/mol. The van der Waals surface area contributed by atoms with Gasteiger partial charge in [0.15, 0.2) is 5.82 Å². The van der Waals surface area contributed by atoms with Crippen molar-refractivity contribution in [3.05, 3.63) is 94.7 Å². The van der Waals surface area contributed by atoms with Gasteiger partial charge in [-0.05, 0) is 47.5 Å². The van der Waals surface area contributed by atoms with E-state index in [-0.39, 0.29) is 10.7 Å². The number of aromatic nitrogens is 4. The van der Waals surface area contributed by atoms with E-state index in [1.54, 1.807) is 48.5 Å². The summed E-state index contributed by atoms with van der Waals surface area (Å²) < 4.78 is 28.1. The van der Waals surface area contributed by atoms with Crippen molar-refractivity contribution in [3.8, 4) is 32.3 Å². The van der Waals surface area contributed by atoms with E-state index in [1.807, 2.05) is 0 Å². The summed E-state index contributed by atoms with van der Waals surface area (Å²) in [5, 5.41) is 8.85. The van der Waals surface area contributed by atoms with Crippen LogP contribution in [0.5, 0.6) is 0 Å². The molecule has 178 valence electrons. The molecule has 0 aliphatic rings. The molecule has 0 radical (unpaired) electrons. The van der Waals surface area contributed by atoms with Gasteiger partial charge in [-0.25, -0.2) is 18.2 Å². The minimum absolute atomic E-state index is 0.113. The number of H-pyrrole nitrogens is 1. The molecule has 2 aromatic carbocycles. The zero-order valence-corrected chi connectivity index (χ0v) is 21.3. The Hall–Kier alpha value is -3.75. The number of halogens is 2. The van der Waals surface area contributed by atoms with Crippen molar-refractivity contribution in [3.63, 3.8) is 0 Å². The summed E-state index contributed by atoms with van der Waals surface area (Å²) in [6.07, 6.45) is 2.93. The SMILES string of the molecule is [C-]#[N+]c1c(-c2ccnc(NS(=O)(=O)c3ccccc3)c2)sc(-c2nnc[nH]2)c1-c1ccc(Cl)cc1Cl. The first-order valence-electron chi connectivity index (χ1n) is 10.3. The summed E-state index contributed by atoms with van der Waals surface area (Å²) in [6.45, 7) is 7.97. The van der Waals surface area contributed by atoms with Crippen LogP contribution in [0.4, 0.5) is 11.5 Å². The average Bonchev–Trinajstić information content (AvgIpc) is 3.53. The van der Waals surface area contributed by atoms with E-state index in [0.717, 1.165) is 0 Å². The third kappa shape index (κ3) is 4.57. The highest BCUT2D eigenvalue weighted by Gasteiger charge is 2.25. The van der Waals surface area contributed by atoms with Gasteiger partial charge in [0, 0.05) is 26.7 Å². The molecule has 0 aliphatic carbocycles. The molecule has 2 N–H and O–H groups in total. The van der Waals surface area contributed by atoms with Crippen LogP contribution in [0.3, 0.4) is 0 Å². The molecule has 0 atom stereocenters. The van der Waals surface area contributed by atoms with Crippen LogP contribution in [0.15, 0.2) is 78.1 Å². The minimum Gasteiger partial charge on any atom is -0.327 e. The summed E-state index contributed by atoms with van der Waals surface area (Å²) in [5.41, 5.74) is 2.12. The van der Waals surface area contributed by atoms with Crippen molar-refractivity contribution in [1.29, 1.82) is 0 Å². The fourth-order valence-corrected chi connectivity index (χ4v) is 6.30. The highest BCUT2D eigenvalue weighted by Crippen LogP contribution is 2.53. The zero-order valence-electron chi connectivity index (χ0n) is 18.1. The molecule has 0 unspecified atom stereocenters. The maximum absolute atomic E-state index is 12.8. The molecule has 0 saturated carbocycles. The van der Waals surface area contributed by atoms with Crippen LogP contribution in [0.2, 0.25) is 10.0 Å². The zero-order chi connectivity index (χ0) is 25.3. The van der Waals surface area contributed by atoms with Gasteiger partial charge in [-0.2, -0.15) is 0 Å². The van der Waals surface area contributed by atoms with Crippen LogP contribution in [-0.2, 0) is 10.0 Å². The molecular weight excluding hydrogens is 539 g/mol. The van der Waals surface area contributed by atoms with Gasteiger partial charge in [-0.15, -0.1) is 21.5 Å². The number of thiophene rings is 1. The number of aromatic amines is 1. The number of rotatable bonds is 6. The Morgan fingerprint density at radius 2 is 1.83 bits per heavy atom. The van der Waals surface area contributed by atoms with Crippen molar-refractivity contribution in [2.75, 3.05) is 4.72 Å². The van der Waals surface area contributed by atoms with Gasteiger partial charge >= 0.3 is 0 Å². The molecule has 5 rings (SSSR count). The predicted octanol–water partition coefficient (Wildman–Crippen LogP) is 6.92. The standard InChI is InChI=1S/C24H14Cl2N6O2S2/c1-27-21-20(17-8-7-15(25)12-18(17)26)23(24-29-13-30-31-24)35-22(21)14-9-10-28-19(11-14)32-36(33,34)16-5-3-2-4-6-16/h2-13H,(H,28,32)(H,29,30,31). The van der Waals surface area contributed by atoms with Crippen LogP contribution in [-0.4, -0.2) is 28.6 Å². The largest absolute Gasteiger partial charge is 0.327 e. The van der Waals surface area contributed by atoms with Crippen LogP contribution in [0, 0.1) is 6.57 Å². The molecule has 12 heteroatoms. The number of anilines is 1. The van der Waals surface area contributed by atoms with Gasteiger partial charge < -0.3 is 4.98 Å². The number of nitrogens with zero attached hydrogens (tertiary/aromatic N) is 4. The predicted molar refractivity (Wildman–Crippen MR) is 142 cm³/mol. The molecular formula is C24H14Cl2N6O2S2. The van der Waals surface area contributed by atoms with E-state index in [9.17, 15) is 8.42 Å². The number of benzene rings is 2. The average molecular weight is 553 g/mol. The van der Waals surface area contributed by atoms with Crippen molar-refractivity contribution >= 4 is 56.1 Å². The molecule has 3 heterocycles. The first-order chi connectivity index (χ1) is 17.4. The third-order valence-electron chi connectivity index (χ3n) is 5.14. The summed E-state index contributed by atoms with van der Waals surface area (Å²) in [7, 11) is -3.84. The second-order valence-corrected chi connectivity index (χ2v) is 11.0. The Bertz CT molecular complexity index is 1710. The highest BCUT2D eigenvalue weighted by atomic mass is 35.5. The van der Waals surface area contributed by atoms with Crippen molar-refractivity contribution in [2.24, 2.45) is 0 Å². The Kier molecular flexibility index (Phi) is 6.47. The van der Waals surface area contributed by atoms with Crippen LogP contribution < -0.4 is 4.72 Å². The molecule has 5 aromatic rings. The Morgan fingerprint density at radius 1 is 1.03 bits per heavy atom. The van der Waals surface area contributed by atoms with E-state index in [2.05, 4.69) is 29.7 Å². The van der Waals surface area contributed by atoms with Gasteiger partial charge in [0.25, 0.3) is 10.0 Å². The Balaban J connectivity index is 1.65. The number of hydrogen-bond acceptors (Lipinski definition) is 6. The topological polar surface area (TPSA) is 105 Å². The lowest BCUT2D eigenvalue weighted by Crippen LogP contribution is -2.13. The fourth-order valence-electron chi connectivity index (χ4n) is 3.57. The molecule has 0 spiro atoms. The van der Waals surface area contributed by atoms with Crippen LogP contribution in [0.25, 0.3) is 37.1 Å². The summed E-state index contributed by atoms with van der Waals surface area (Å²) in [5.74, 6) is 0.587. The molecule has 0 amide bonds. The smallest absolute Gasteiger partial charge is 0.263 e. The normalized spacial score (nSPS) is 11.2. The fraction of sp³-hybridized carbons (Fsp3) is 0. The number of pyridine rings is 1. The van der Waals surface area contributed by atoms with Gasteiger partial charge in [-0.3, -0.25) is 4.72 Å². The Morgan fingerprint density at radius 3 is 2.53 bits per heavy atom. The van der Waals surface area contributed by atoms with Crippen LogP contribution in [0.1, 0.15) is 0 Å². The second kappa shape index (κ2) is 9.72. The maximum Gasteiger partial charge on any atom is 0.263 e. The Labute approximate surface area is 220 Å². The number of hydrogen-bond donors (Lipinski definition) is 2. The molecule has 8 nitrogen and oxygen atoms in total. The van der Waals surface area contributed by atoms with Crippen molar-refractivity contribution < 1.29 is 8.42 Å². The van der Waals surface area contributed by atoms with Crippen LogP contribution >= 0.6 is 34.5 Å². The third-order valence-corrected chi connectivity index (χ3v) is 8.29. The van der Waals surface area contributed by atoms with Gasteiger partial charge in [0.1, 0.15) is 12.1 Å². The lowest BCUT2D eigenvalue weighted by Gasteiger charge is -2.09. The van der Waals surface area contributed by atoms with E-state index in [4.69, 9.17) is 29.8 Å². The molecule has 0 aliphatic heterocycles. The molecule has 0 fully saturated rings. The molecule has 36 heavy (non-hydrogen) atoms. The van der Waals surface area contributed by atoms with E-state index in [0.29, 0.717) is 48.0 Å². The summed E-state index contributed by atoms with van der Waals surface area (Å²) >= 11 is 13.9. The van der Waals surface area contributed by atoms with Gasteiger partial charge in [0.2, 0.25) is 5.69 Å².